The third-order valence-corrected chi connectivity index (χ3v) is 8.25. The summed E-state index contributed by atoms with van der Waals surface area (Å²) in [5, 5.41) is 20.4. The average molecular weight is 631 g/mol. The molecule has 0 radical (unpaired) electrons. The van der Waals surface area contributed by atoms with E-state index in [0.29, 0.717) is 48.8 Å². The summed E-state index contributed by atoms with van der Waals surface area (Å²) in [5.41, 5.74) is 4.22. The van der Waals surface area contributed by atoms with Gasteiger partial charge in [-0.25, -0.2) is 4.68 Å². The van der Waals surface area contributed by atoms with Crippen LogP contribution in [0.1, 0.15) is 90.5 Å². The maximum absolute atomic E-state index is 14.4. The number of aryl methyl sites for hydroxylation is 1. The molecule has 0 saturated heterocycles. The van der Waals surface area contributed by atoms with Crippen molar-refractivity contribution in [2.75, 3.05) is 31.6 Å². The zero-order chi connectivity index (χ0) is 33.2. The van der Waals surface area contributed by atoms with Crippen LogP contribution in [0, 0.1) is 6.92 Å². The molecule has 11 heteroatoms. The number of fused-ring (bicyclic) bond motifs is 1. The van der Waals surface area contributed by atoms with E-state index in [0.717, 1.165) is 36.8 Å². The number of carbonyl (C=O) groups is 4. The van der Waals surface area contributed by atoms with Crippen LogP contribution in [0.2, 0.25) is 0 Å². The van der Waals surface area contributed by atoms with Crippen LogP contribution in [-0.2, 0) is 22.6 Å². The number of carbonyl (C=O) groups excluding carboxylic acids is 4. The van der Waals surface area contributed by atoms with Crippen molar-refractivity contribution < 1.29 is 24.3 Å². The predicted molar refractivity (Wildman–Crippen MR) is 177 cm³/mol. The second kappa shape index (κ2) is 16.2. The Labute approximate surface area is 271 Å². The lowest BCUT2D eigenvalue weighted by molar-refractivity contribution is -0.119. The highest BCUT2D eigenvalue weighted by atomic mass is 16.3. The number of anilines is 1. The molecule has 246 valence electrons. The molecular formula is C35H46N6O5. The van der Waals surface area contributed by atoms with Gasteiger partial charge < -0.3 is 25.5 Å². The van der Waals surface area contributed by atoms with E-state index in [9.17, 15) is 24.3 Å². The fourth-order valence-corrected chi connectivity index (χ4v) is 5.69. The first-order valence-electron chi connectivity index (χ1n) is 16.2. The van der Waals surface area contributed by atoms with Crippen LogP contribution in [0.4, 0.5) is 5.69 Å². The number of benzene rings is 2. The first kappa shape index (κ1) is 34.4. The fourth-order valence-electron chi connectivity index (χ4n) is 5.69. The topological polar surface area (TPSA) is 137 Å². The molecule has 1 atom stereocenters. The number of hydrogen-bond acceptors (Lipinski definition) is 6. The number of nitrogens with one attached hydrogen (secondary N) is 2. The number of aromatic nitrogens is 2. The highest BCUT2D eigenvalue weighted by molar-refractivity contribution is 6.01. The molecular weight excluding hydrogens is 584 g/mol. The second-order valence-electron chi connectivity index (χ2n) is 11.8. The van der Waals surface area contributed by atoms with Crippen LogP contribution in [0.5, 0.6) is 0 Å². The number of hydrogen-bond donors (Lipinski definition) is 3. The van der Waals surface area contributed by atoms with Crippen molar-refractivity contribution in [3.63, 3.8) is 0 Å². The monoisotopic (exact) mass is 630 g/mol. The highest BCUT2D eigenvalue weighted by Crippen LogP contribution is 2.29. The van der Waals surface area contributed by atoms with Crippen molar-refractivity contribution in [3.05, 3.63) is 76.6 Å². The molecule has 1 aliphatic heterocycles. The number of aliphatic hydroxyl groups excluding tert-OH is 1. The number of rotatable bonds is 14. The van der Waals surface area contributed by atoms with Gasteiger partial charge in [0.1, 0.15) is 0 Å². The molecule has 0 saturated carbocycles. The second-order valence-corrected chi connectivity index (χ2v) is 11.8. The van der Waals surface area contributed by atoms with E-state index < -0.39 is 6.04 Å². The Morgan fingerprint density at radius 2 is 1.70 bits per heavy atom. The Bertz CT molecular complexity index is 1540. The highest BCUT2D eigenvalue weighted by Gasteiger charge is 2.32. The van der Waals surface area contributed by atoms with Crippen molar-refractivity contribution >= 4 is 29.3 Å². The SMILES string of the molecule is CCCCN(CCCC)C(=O)c1cc(C)n(-c2ccc(NC(=O)CCNC(C)=O)cc2C(=O)N2Cc3ccccc3CC2CO)n1. The molecule has 0 bridgehead atoms. The Kier molecular flexibility index (Phi) is 12.1. The zero-order valence-electron chi connectivity index (χ0n) is 27.3. The summed E-state index contributed by atoms with van der Waals surface area (Å²) >= 11 is 0. The van der Waals surface area contributed by atoms with Gasteiger partial charge in [-0.3, -0.25) is 19.2 Å². The summed E-state index contributed by atoms with van der Waals surface area (Å²) in [6.07, 6.45) is 4.32. The molecule has 2 heterocycles. The van der Waals surface area contributed by atoms with Gasteiger partial charge in [-0.2, -0.15) is 5.10 Å². The minimum Gasteiger partial charge on any atom is -0.394 e. The quantitative estimate of drug-likeness (QED) is 0.244. The fraction of sp³-hybridized carbons (Fsp3) is 0.457. The Morgan fingerprint density at radius 3 is 2.35 bits per heavy atom. The van der Waals surface area contributed by atoms with E-state index in [2.05, 4.69) is 24.5 Å². The summed E-state index contributed by atoms with van der Waals surface area (Å²) in [6.45, 7) is 9.02. The molecule has 3 N–H and O–H groups in total. The number of unbranched alkanes of at least 4 members (excludes halogenated alkanes) is 2. The molecule has 46 heavy (non-hydrogen) atoms. The molecule has 0 spiro atoms. The van der Waals surface area contributed by atoms with Crippen LogP contribution in [0.15, 0.2) is 48.5 Å². The van der Waals surface area contributed by atoms with Gasteiger partial charge >= 0.3 is 0 Å². The molecule has 1 aliphatic rings. The van der Waals surface area contributed by atoms with Crippen molar-refractivity contribution in [2.45, 2.75) is 78.8 Å². The maximum atomic E-state index is 14.4. The minimum atomic E-state index is -0.437. The van der Waals surface area contributed by atoms with Gasteiger partial charge in [-0.05, 0) is 61.6 Å². The van der Waals surface area contributed by atoms with E-state index in [1.165, 1.54) is 6.92 Å². The Balaban J connectivity index is 1.72. The van der Waals surface area contributed by atoms with Gasteiger partial charge in [0, 0.05) is 50.9 Å². The van der Waals surface area contributed by atoms with Crippen LogP contribution in [0.25, 0.3) is 5.69 Å². The normalized spacial score (nSPS) is 14.0. The van der Waals surface area contributed by atoms with Gasteiger partial charge in [0.2, 0.25) is 11.8 Å². The van der Waals surface area contributed by atoms with Crippen LogP contribution >= 0.6 is 0 Å². The van der Waals surface area contributed by atoms with E-state index in [1.807, 2.05) is 36.1 Å². The van der Waals surface area contributed by atoms with Crippen LogP contribution in [0.3, 0.4) is 0 Å². The minimum absolute atomic E-state index is 0.0659. The first-order valence-corrected chi connectivity index (χ1v) is 16.2. The average Bonchev–Trinajstić information content (AvgIpc) is 3.44. The third-order valence-electron chi connectivity index (χ3n) is 8.25. The molecule has 3 aromatic rings. The maximum Gasteiger partial charge on any atom is 0.274 e. The van der Waals surface area contributed by atoms with Gasteiger partial charge in [0.25, 0.3) is 11.8 Å². The van der Waals surface area contributed by atoms with Crippen molar-refractivity contribution in [1.29, 1.82) is 0 Å². The molecule has 11 nitrogen and oxygen atoms in total. The van der Waals surface area contributed by atoms with Crippen molar-refractivity contribution in [1.82, 2.24) is 24.9 Å². The van der Waals surface area contributed by atoms with Gasteiger partial charge in [0.15, 0.2) is 5.69 Å². The Hall–Kier alpha value is -4.51. The lowest BCUT2D eigenvalue weighted by atomic mass is 9.93. The van der Waals surface area contributed by atoms with E-state index in [4.69, 9.17) is 5.10 Å². The van der Waals surface area contributed by atoms with E-state index in [-0.39, 0.29) is 48.8 Å². The van der Waals surface area contributed by atoms with E-state index in [1.54, 1.807) is 33.8 Å². The summed E-state index contributed by atoms with van der Waals surface area (Å²) in [4.78, 5) is 55.4. The molecule has 1 aromatic heterocycles. The molecule has 1 unspecified atom stereocenters. The summed E-state index contributed by atoms with van der Waals surface area (Å²) in [5.74, 6) is -1.01. The lowest BCUT2D eigenvalue weighted by Crippen LogP contribution is -2.46. The summed E-state index contributed by atoms with van der Waals surface area (Å²) in [7, 11) is 0. The third kappa shape index (κ3) is 8.39. The van der Waals surface area contributed by atoms with Crippen LogP contribution in [-0.4, -0.2) is 80.6 Å². The van der Waals surface area contributed by atoms with Gasteiger partial charge in [-0.15, -0.1) is 0 Å². The molecule has 4 amide bonds. The zero-order valence-corrected chi connectivity index (χ0v) is 27.3. The largest absolute Gasteiger partial charge is 0.394 e. The van der Waals surface area contributed by atoms with Crippen molar-refractivity contribution in [3.8, 4) is 5.69 Å². The van der Waals surface area contributed by atoms with E-state index >= 15 is 0 Å². The van der Waals surface area contributed by atoms with Gasteiger partial charge in [0.05, 0.1) is 23.9 Å². The smallest absolute Gasteiger partial charge is 0.274 e. The standard InChI is InChI=1S/C35H46N6O5/c1-5-7-17-39(18-8-6-2)35(46)31-19-24(3)41(38-31)32-14-13-28(37-33(44)15-16-36-25(4)43)21-30(32)34(45)40-22-27-12-10-9-11-26(27)20-29(40)23-42/h9-14,19,21,29,42H,5-8,15-18,20,22-23H2,1-4H3,(H,36,43)(H,37,44). The molecule has 0 fully saturated rings. The summed E-state index contributed by atoms with van der Waals surface area (Å²) < 4.78 is 1.60. The molecule has 4 rings (SSSR count). The Morgan fingerprint density at radius 1 is 1.00 bits per heavy atom. The van der Waals surface area contributed by atoms with Gasteiger partial charge in [-0.1, -0.05) is 51.0 Å². The first-order chi connectivity index (χ1) is 22.2. The molecule has 0 aliphatic carbocycles. The number of amides is 4. The number of nitrogens with zero attached hydrogens (tertiary/aromatic N) is 4. The predicted octanol–water partition coefficient (Wildman–Crippen LogP) is 4.25. The summed E-state index contributed by atoms with van der Waals surface area (Å²) in [6, 6.07) is 14.2. The number of aliphatic hydroxyl groups is 1. The van der Waals surface area contributed by atoms with Crippen molar-refractivity contribution in [2.24, 2.45) is 0 Å². The lowest BCUT2D eigenvalue weighted by Gasteiger charge is -2.36. The molecule has 2 aromatic carbocycles. The van der Waals surface area contributed by atoms with Crippen LogP contribution < -0.4 is 10.6 Å².